The molecule has 0 heterocycles. The van der Waals surface area contributed by atoms with Crippen LogP contribution in [0.1, 0.15) is 22.6 Å². The number of rotatable bonds is 9. The molecule has 3 rings (SSSR count). The van der Waals surface area contributed by atoms with Crippen molar-refractivity contribution in [1.29, 1.82) is 0 Å². The molecule has 0 bridgehead atoms. The van der Waals surface area contributed by atoms with Crippen LogP contribution in [0.5, 0.6) is 34.5 Å². The van der Waals surface area contributed by atoms with Crippen molar-refractivity contribution < 1.29 is 38.6 Å². The minimum absolute atomic E-state index is 0.0672. The SMILES string of the molecule is COc1cc(C2c3c(cc(OC)c(OC)c3OC)CC(CO)C2CO)cc(OC)c1OC. The average Bonchev–Trinajstić information content (AvgIpc) is 2.84. The Hall–Kier alpha value is -2.84. The zero-order valence-electron chi connectivity index (χ0n) is 19.4. The molecule has 0 saturated heterocycles. The smallest absolute Gasteiger partial charge is 0.203 e. The van der Waals surface area contributed by atoms with E-state index in [1.165, 1.54) is 0 Å². The molecular formula is C24H32O8. The predicted octanol–water partition coefficient (Wildman–Crippen LogP) is 2.64. The molecular weight excluding hydrogens is 416 g/mol. The monoisotopic (exact) mass is 448 g/mol. The second-order valence-electron chi connectivity index (χ2n) is 7.65. The van der Waals surface area contributed by atoms with E-state index >= 15 is 0 Å². The van der Waals surface area contributed by atoms with E-state index in [0.717, 1.165) is 16.7 Å². The van der Waals surface area contributed by atoms with Gasteiger partial charge in [-0.25, -0.2) is 0 Å². The van der Waals surface area contributed by atoms with Gasteiger partial charge in [0.2, 0.25) is 11.5 Å². The van der Waals surface area contributed by atoms with Crippen LogP contribution in [0.2, 0.25) is 0 Å². The Bertz CT molecular complexity index is 917. The van der Waals surface area contributed by atoms with Crippen molar-refractivity contribution in [1.82, 2.24) is 0 Å². The van der Waals surface area contributed by atoms with Crippen molar-refractivity contribution in [3.8, 4) is 34.5 Å². The van der Waals surface area contributed by atoms with Gasteiger partial charge >= 0.3 is 0 Å². The Morgan fingerprint density at radius 1 is 0.688 bits per heavy atom. The average molecular weight is 449 g/mol. The minimum Gasteiger partial charge on any atom is -0.493 e. The van der Waals surface area contributed by atoms with Gasteiger partial charge in [0.15, 0.2) is 23.0 Å². The quantitative estimate of drug-likeness (QED) is 0.605. The largest absolute Gasteiger partial charge is 0.493 e. The molecule has 0 aliphatic heterocycles. The molecule has 0 spiro atoms. The summed E-state index contributed by atoms with van der Waals surface area (Å²) in [6.07, 6.45) is 0.564. The number of hydrogen-bond donors (Lipinski definition) is 2. The lowest BCUT2D eigenvalue weighted by atomic mass is 9.66. The van der Waals surface area contributed by atoms with Crippen molar-refractivity contribution >= 4 is 0 Å². The van der Waals surface area contributed by atoms with Gasteiger partial charge in [0.05, 0.1) is 42.7 Å². The standard InChI is InChI=1S/C24H32O8/c1-27-17-9-14(10-18(28-2)22(17)30-4)20-16(12-26)15(11-25)7-13-8-19(29-3)23(31-5)24(32-6)21(13)20/h8-10,15-16,20,25-26H,7,11-12H2,1-6H3. The predicted molar refractivity (Wildman–Crippen MR) is 119 cm³/mol. The molecule has 3 unspecified atom stereocenters. The third kappa shape index (κ3) is 3.89. The lowest BCUT2D eigenvalue weighted by Gasteiger charge is -2.40. The summed E-state index contributed by atoms with van der Waals surface area (Å²) in [5, 5.41) is 20.6. The van der Waals surface area contributed by atoms with E-state index < -0.39 is 0 Å². The molecule has 0 aromatic heterocycles. The first-order valence-corrected chi connectivity index (χ1v) is 10.4. The molecule has 8 heteroatoms. The van der Waals surface area contributed by atoms with Crippen LogP contribution in [0.25, 0.3) is 0 Å². The van der Waals surface area contributed by atoms with Gasteiger partial charge in [0.1, 0.15) is 0 Å². The van der Waals surface area contributed by atoms with E-state index in [-0.39, 0.29) is 31.0 Å². The molecule has 176 valence electrons. The highest BCUT2D eigenvalue weighted by Crippen LogP contribution is 2.54. The van der Waals surface area contributed by atoms with E-state index in [1.807, 2.05) is 18.2 Å². The molecule has 8 nitrogen and oxygen atoms in total. The molecule has 0 saturated carbocycles. The van der Waals surface area contributed by atoms with Gasteiger partial charge in [-0.1, -0.05) is 0 Å². The number of fused-ring (bicyclic) bond motifs is 1. The van der Waals surface area contributed by atoms with Crippen LogP contribution in [-0.4, -0.2) is 66.1 Å². The molecule has 2 aromatic carbocycles. The van der Waals surface area contributed by atoms with E-state index in [2.05, 4.69) is 0 Å². The van der Waals surface area contributed by atoms with Crippen LogP contribution >= 0.6 is 0 Å². The van der Waals surface area contributed by atoms with Gasteiger partial charge in [0, 0.05) is 24.7 Å². The Balaban J connectivity index is 2.36. The van der Waals surface area contributed by atoms with Gasteiger partial charge in [-0.3, -0.25) is 0 Å². The second kappa shape index (κ2) is 10.2. The van der Waals surface area contributed by atoms with Crippen molar-refractivity contribution in [2.45, 2.75) is 12.3 Å². The van der Waals surface area contributed by atoms with E-state index in [4.69, 9.17) is 28.4 Å². The zero-order valence-corrected chi connectivity index (χ0v) is 19.4. The fraction of sp³-hybridized carbons (Fsp3) is 0.500. The minimum atomic E-state index is -0.329. The maximum absolute atomic E-state index is 10.4. The summed E-state index contributed by atoms with van der Waals surface area (Å²) in [5.74, 6) is 2.28. The van der Waals surface area contributed by atoms with Crippen molar-refractivity contribution in [3.63, 3.8) is 0 Å². The summed E-state index contributed by atoms with van der Waals surface area (Å²) in [4.78, 5) is 0. The lowest BCUT2D eigenvalue weighted by Crippen LogP contribution is -2.35. The molecule has 3 atom stereocenters. The first kappa shape index (κ1) is 23.8. The highest BCUT2D eigenvalue weighted by molar-refractivity contribution is 5.64. The molecule has 1 aliphatic carbocycles. The van der Waals surface area contributed by atoms with Crippen LogP contribution in [0.3, 0.4) is 0 Å². The van der Waals surface area contributed by atoms with Crippen molar-refractivity contribution in [3.05, 3.63) is 34.9 Å². The second-order valence-corrected chi connectivity index (χ2v) is 7.65. The van der Waals surface area contributed by atoms with Crippen LogP contribution in [0.4, 0.5) is 0 Å². The fourth-order valence-corrected chi connectivity index (χ4v) is 4.81. The van der Waals surface area contributed by atoms with Crippen molar-refractivity contribution in [2.75, 3.05) is 55.9 Å². The number of ether oxygens (including phenoxy) is 6. The van der Waals surface area contributed by atoms with E-state index in [9.17, 15) is 10.2 Å². The van der Waals surface area contributed by atoms with Gasteiger partial charge in [-0.15, -0.1) is 0 Å². The van der Waals surface area contributed by atoms with E-state index in [1.54, 1.807) is 42.7 Å². The lowest BCUT2D eigenvalue weighted by molar-refractivity contribution is 0.0999. The fourth-order valence-electron chi connectivity index (χ4n) is 4.81. The van der Waals surface area contributed by atoms with Gasteiger partial charge in [-0.2, -0.15) is 0 Å². The topological polar surface area (TPSA) is 95.8 Å². The molecule has 0 fully saturated rings. The highest BCUT2D eigenvalue weighted by atomic mass is 16.5. The van der Waals surface area contributed by atoms with Crippen LogP contribution < -0.4 is 28.4 Å². The van der Waals surface area contributed by atoms with Crippen LogP contribution in [-0.2, 0) is 6.42 Å². The molecule has 2 N–H and O–H groups in total. The van der Waals surface area contributed by atoms with Crippen LogP contribution in [0, 0.1) is 11.8 Å². The number of aliphatic hydroxyl groups excluding tert-OH is 2. The number of methoxy groups -OCH3 is 6. The maximum Gasteiger partial charge on any atom is 0.203 e. The Morgan fingerprint density at radius 2 is 1.22 bits per heavy atom. The zero-order chi connectivity index (χ0) is 23.4. The first-order valence-electron chi connectivity index (χ1n) is 10.4. The molecule has 0 radical (unpaired) electrons. The molecule has 0 amide bonds. The summed E-state index contributed by atoms with van der Waals surface area (Å²) in [5.41, 5.74) is 2.67. The highest BCUT2D eigenvalue weighted by Gasteiger charge is 2.41. The summed E-state index contributed by atoms with van der Waals surface area (Å²) in [6, 6.07) is 5.65. The normalized spacial score (nSPS) is 19.7. The molecule has 32 heavy (non-hydrogen) atoms. The van der Waals surface area contributed by atoms with Gasteiger partial charge in [0.25, 0.3) is 0 Å². The molecule has 1 aliphatic rings. The number of benzene rings is 2. The Labute approximate surface area is 188 Å². The number of hydrogen-bond acceptors (Lipinski definition) is 8. The van der Waals surface area contributed by atoms with E-state index in [0.29, 0.717) is 40.9 Å². The Morgan fingerprint density at radius 3 is 1.66 bits per heavy atom. The first-order chi connectivity index (χ1) is 15.5. The van der Waals surface area contributed by atoms with Gasteiger partial charge in [-0.05, 0) is 47.6 Å². The maximum atomic E-state index is 10.4. The molecule has 2 aromatic rings. The third-order valence-corrected chi connectivity index (χ3v) is 6.27. The third-order valence-electron chi connectivity index (χ3n) is 6.27. The summed E-state index contributed by atoms with van der Waals surface area (Å²) in [7, 11) is 9.38. The van der Waals surface area contributed by atoms with Gasteiger partial charge < -0.3 is 38.6 Å². The number of aliphatic hydroxyl groups is 2. The Kier molecular flexibility index (Phi) is 7.58. The van der Waals surface area contributed by atoms with Crippen molar-refractivity contribution in [2.24, 2.45) is 11.8 Å². The summed E-state index contributed by atoms with van der Waals surface area (Å²) in [6.45, 7) is -0.189. The van der Waals surface area contributed by atoms with Crippen LogP contribution in [0.15, 0.2) is 18.2 Å². The summed E-state index contributed by atoms with van der Waals surface area (Å²) >= 11 is 0. The summed E-state index contributed by atoms with van der Waals surface area (Å²) < 4.78 is 33.6.